The number of hydrazine groups is 1. The van der Waals surface area contributed by atoms with E-state index in [1.807, 2.05) is 96.4 Å². The van der Waals surface area contributed by atoms with Crippen LogP contribution in [0.25, 0.3) is 17.2 Å². The average molecular weight is 630 g/mol. The fourth-order valence-corrected chi connectivity index (χ4v) is 5.07. The molecular formula is C36H34F3N3O4. The number of hydrogen-bond donors (Lipinski definition) is 3. The molecule has 0 saturated carbocycles. The molecule has 2 atom stereocenters. The minimum absolute atomic E-state index is 0.0111. The maximum absolute atomic E-state index is 13.9. The number of carbonyl (C=O) groups is 1. The summed E-state index contributed by atoms with van der Waals surface area (Å²) in [7, 11) is 0. The Labute approximate surface area is 265 Å². The molecule has 4 aromatic carbocycles. The van der Waals surface area contributed by atoms with Gasteiger partial charge in [-0.1, -0.05) is 97.1 Å². The quantitative estimate of drug-likeness (QED) is 0.114. The summed E-state index contributed by atoms with van der Waals surface area (Å²) < 4.78 is 51.1. The Morgan fingerprint density at radius 1 is 0.891 bits per heavy atom. The number of hydrogen-bond acceptors (Lipinski definition) is 6. The number of nitrogens with one attached hydrogen (secondary N) is 2. The first-order valence-corrected chi connectivity index (χ1v) is 14.8. The van der Waals surface area contributed by atoms with Crippen LogP contribution in [0, 0.1) is 0 Å². The monoisotopic (exact) mass is 629 g/mol. The normalized spacial score (nSPS) is 17.8. The zero-order chi connectivity index (χ0) is 32.4. The van der Waals surface area contributed by atoms with Crippen LogP contribution in [-0.2, 0) is 9.53 Å². The van der Waals surface area contributed by atoms with Gasteiger partial charge >= 0.3 is 6.18 Å². The van der Waals surface area contributed by atoms with Crippen molar-refractivity contribution in [2.24, 2.45) is 4.99 Å². The van der Waals surface area contributed by atoms with E-state index >= 15 is 0 Å². The molecule has 1 amide bonds. The summed E-state index contributed by atoms with van der Waals surface area (Å²) in [6.07, 6.45) is -1.39. The largest absolute Gasteiger partial charge is 0.494 e. The summed E-state index contributed by atoms with van der Waals surface area (Å²) >= 11 is 0. The molecular weight excluding hydrogens is 595 g/mol. The maximum Gasteiger partial charge on any atom is 0.402 e. The van der Waals surface area contributed by atoms with Crippen molar-refractivity contribution in [3.05, 3.63) is 132 Å². The molecule has 0 saturated heterocycles. The zero-order valence-corrected chi connectivity index (χ0v) is 24.9. The third kappa shape index (κ3) is 8.21. The standard InChI is InChI=1S/C36H34F3N3O4/c37-36(38,39)25-40-42-34(44)35(22-7-11-26-9-3-1-4-10-26)32(29-16-14-28(15-17-29)27-12-5-2-6-13-27)46-33(41-35)30-18-20-31(21-19-30)45-24-8-23-43/h1-7,9-21,32,40,43H,8,22-25H2,(H,42,44)/b11-7+/t32-,35-/m0/s1. The molecule has 4 aromatic rings. The molecule has 5 rings (SSSR count). The van der Waals surface area contributed by atoms with Gasteiger partial charge in [0.15, 0.2) is 11.6 Å². The van der Waals surface area contributed by atoms with Crippen LogP contribution in [0.2, 0.25) is 0 Å². The van der Waals surface area contributed by atoms with E-state index in [4.69, 9.17) is 19.6 Å². The Morgan fingerprint density at radius 2 is 1.52 bits per heavy atom. The van der Waals surface area contributed by atoms with Crippen molar-refractivity contribution in [1.82, 2.24) is 10.9 Å². The van der Waals surface area contributed by atoms with Crippen LogP contribution in [0.15, 0.2) is 120 Å². The SMILES string of the molecule is O=C(NNCC(F)(F)F)[C@@]1(C/C=C/c2ccccc2)N=C(c2ccc(OCCCO)cc2)O[C@H]1c1ccc(-c2ccccc2)cc1. The van der Waals surface area contributed by atoms with Gasteiger partial charge in [0.25, 0.3) is 5.91 Å². The Kier molecular flexibility index (Phi) is 10.5. The maximum atomic E-state index is 13.9. The fourth-order valence-electron chi connectivity index (χ4n) is 5.07. The summed E-state index contributed by atoms with van der Waals surface area (Å²) in [5, 5.41) is 9.03. The van der Waals surface area contributed by atoms with Gasteiger partial charge < -0.3 is 14.6 Å². The van der Waals surface area contributed by atoms with Crippen LogP contribution in [-0.4, -0.2) is 48.4 Å². The van der Waals surface area contributed by atoms with E-state index in [2.05, 4.69) is 5.43 Å². The van der Waals surface area contributed by atoms with Gasteiger partial charge in [0, 0.05) is 25.0 Å². The highest BCUT2D eigenvalue weighted by atomic mass is 19.4. The number of benzene rings is 4. The van der Waals surface area contributed by atoms with Crippen molar-refractivity contribution < 1.29 is 32.5 Å². The van der Waals surface area contributed by atoms with E-state index in [1.54, 1.807) is 30.3 Å². The molecule has 0 unspecified atom stereocenters. The smallest absolute Gasteiger partial charge is 0.402 e. The minimum atomic E-state index is -4.54. The Morgan fingerprint density at radius 3 is 2.17 bits per heavy atom. The number of amides is 1. The summed E-state index contributed by atoms with van der Waals surface area (Å²) in [5.74, 6) is -0.0290. The lowest BCUT2D eigenvalue weighted by molar-refractivity contribution is -0.136. The topological polar surface area (TPSA) is 92.2 Å². The van der Waals surface area contributed by atoms with Gasteiger partial charge in [0.2, 0.25) is 5.90 Å². The van der Waals surface area contributed by atoms with Crippen LogP contribution < -0.4 is 15.6 Å². The molecule has 0 aliphatic carbocycles. The molecule has 0 aromatic heterocycles. The Bertz CT molecular complexity index is 1630. The summed E-state index contributed by atoms with van der Waals surface area (Å²) in [6, 6.07) is 33.7. The van der Waals surface area contributed by atoms with Gasteiger partial charge in [0.05, 0.1) is 6.61 Å². The van der Waals surface area contributed by atoms with E-state index < -0.39 is 30.3 Å². The lowest BCUT2D eigenvalue weighted by atomic mass is 9.84. The summed E-state index contributed by atoms with van der Waals surface area (Å²) in [4.78, 5) is 18.8. The van der Waals surface area contributed by atoms with Crippen molar-refractivity contribution in [2.75, 3.05) is 19.8 Å². The molecule has 3 N–H and O–H groups in total. The number of rotatable bonds is 13. The second-order valence-electron chi connectivity index (χ2n) is 10.7. The predicted octanol–water partition coefficient (Wildman–Crippen LogP) is 6.66. The molecule has 10 heteroatoms. The minimum Gasteiger partial charge on any atom is -0.494 e. The second-order valence-corrected chi connectivity index (χ2v) is 10.7. The van der Waals surface area contributed by atoms with Gasteiger partial charge in [0.1, 0.15) is 12.3 Å². The first-order valence-electron chi connectivity index (χ1n) is 14.8. The average Bonchev–Trinajstić information content (AvgIpc) is 3.46. The first kappa shape index (κ1) is 32.5. The van der Waals surface area contributed by atoms with Gasteiger partial charge in [-0.25, -0.2) is 10.4 Å². The van der Waals surface area contributed by atoms with Gasteiger partial charge in [-0.15, -0.1) is 0 Å². The Hall–Kier alpha value is -4.93. The van der Waals surface area contributed by atoms with Gasteiger partial charge in [-0.05, 0) is 46.5 Å². The molecule has 0 fully saturated rings. The van der Waals surface area contributed by atoms with Crippen molar-refractivity contribution >= 4 is 17.9 Å². The van der Waals surface area contributed by atoms with Crippen molar-refractivity contribution in [1.29, 1.82) is 0 Å². The highest BCUT2D eigenvalue weighted by Crippen LogP contribution is 2.43. The van der Waals surface area contributed by atoms with Crippen LogP contribution in [0.4, 0.5) is 13.2 Å². The number of aliphatic hydroxyl groups is 1. The predicted molar refractivity (Wildman–Crippen MR) is 171 cm³/mol. The second kappa shape index (κ2) is 14.9. The molecule has 46 heavy (non-hydrogen) atoms. The van der Waals surface area contributed by atoms with Crippen molar-refractivity contribution in [2.45, 2.75) is 30.7 Å². The number of carbonyl (C=O) groups excluding carboxylic acids is 1. The van der Waals surface area contributed by atoms with Gasteiger partial charge in [-0.2, -0.15) is 13.2 Å². The number of aliphatic imine (C=N–C) groups is 1. The first-order chi connectivity index (χ1) is 22.3. The summed E-state index contributed by atoms with van der Waals surface area (Å²) in [6.45, 7) is -1.06. The zero-order valence-electron chi connectivity index (χ0n) is 24.9. The van der Waals surface area contributed by atoms with E-state index in [0.29, 0.717) is 29.9 Å². The van der Waals surface area contributed by atoms with Gasteiger partial charge in [-0.3, -0.25) is 10.2 Å². The van der Waals surface area contributed by atoms with Crippen molar-refractivity contribution in [3.8, 4) is 16.9 Å². The number of nitrogens with zero attached hydrogens (tertiary/aromatic N) is 1. The molecule has 1 aliphatic rings. The van der Waals surface area contributed by atoms with Crippen LogP contribution in [0.5, 0.6) is 5.75 Å². The van der Waals surface area contributed by atoms with E-state index in [1.165, 1.54) is 0 Å². The summed E-state index contributed by atoms with van der Waals surface area (Å²) in [5.41, 5.74) is 6.63. The molecule has 7 nitrogen and oxygen atoms in total. The molecule has 0 bridgehead atoms. The highest BCUT2D eigenvalue weighted by molar-refractivity contribution is 6.01. The number of aliphatic hydroxyl groups excluding tert-OH is 1. The van der Waals surface area contributed by atoms with Crippen molar-refractivity contribution in [3.63, 3.8) is 0 Å². The number of alkyl halides is 3. The van der Waals surface area contributed by atoms with Crippen LogP contribution in [0.1, 0.15) is 35.6 Å². The number of ether oxygens (including phenoxy) is 2. The van der Waals surface area contributed by atoms with Crippen LogP contribution >= 0.6 is 0 Å². The molecule has 0 radical (unpaired) electrons. The molecule has 1 heterocycles. The third-order valence-electron chi connectivity index (χ3n) is 7.38. The highest BCUT2D eigenvalue weighted by Gasteiger charge is 2.52. The van der Waals surface area contributed by atoms with E-state index in [-0.39, 0.29) is 18.9 Å². The molecule has 238 valence electrons. The lowest BCUT2D eigenvalue weighted by Gasteiger charge is -2.30. The molecule has 0 spiro atoms. The van der Waals surface area contributed by atoms with E-state index in [9.17, 15) is 18.0 Å². The molecule has 1 aliphatic heterocycles. The van der Waals surface area contributed by atoms with Crippen LogP contribution in [0.3, 0.4) is 0 Å². The Balaban J connectivity index is 1.52. The third-order valence-corrected chi connectivity index (χ3v) is 7.38. The lowest BCUT2D eigenvalue weighted by Crippen LogP contribution is -2.54. The fraction of sp³-hybridized carbons (Fsp3) is 0.222. The number of halogens is 3. The van der Waals surface area contributed by atoms with E-state index in [0.717, 1.165) is 16.7 Å².